The van der Waals surface area contributed by atoms with E-state index in [4.69, 9.17) is 9.57 Å². The van der Waals surface area contributed by atoms with Gasteiger partial charge in [0, 0.05) is 6.42 Å². The van der Waals surface area contributed by atoms with Crippen molar-refractivity contribution >= 4 is 0 Å². The Morgan fingerprint density at radius 2 is 2.00 bits per heavy atom. The zero-order valence-corrected chi connectivity index (χ0v) is 6.26. The van der Waals surface area contributed by atoms with Gasteiger partial charge in [-0.15, -0.1) is 0 Å². The van der Waals surface area contributed by atoms with Crippen LogP contribution in [-0.2, 0) is 9.57 Å². The van der Waals surface area contributed by atoms with Crippen LogP contribution in [0.4, 0.5) is 0 Å². The van der Waals surface area contributed by atoms with E-state index in [9.17, 15) is 0 Å². The minimum atomic E-state index is 0.0463. The average molecular weight is 132 g/mol. The van der Waals surface area contributed by atoms with Gasteiger partial charge in [0.1, 0.15) is 0 Å². The topological polar surface area (TPSA) is 18.5 Å². The first-order chi connectivity index (χ1) is 4.08. The zero-order chi connectivity index (χ0) is 6.91. The van der Waals surface area contributed by atoms with Crippen molar-refractivity contribution in [2.75, 3.05) is 27.7 Å². The van der Waals surface area contributed by atoms with Gasteiger partial charge in [-0.2, -0.15) is 9.48 Å². The van der Waals surface area contributed by atoms with E-state index in [1.165, 1.54) is 0 Å². The van der Waals surface area contributed by atoms with Crippen LogP contribution in [0.1, 0.15) is 6.42 Å². The molecule has 1 atom stereocenters. The van der Waals surface area contributed by atoms with Crippen molar-refractivity contribution in [2.24, 2.45) is 0 Å². The van der Waals surface area contributed by atoms with Crippen LogP contribution in [-0.4, -0.2) is 38.7 Å². The second-order valence-corrected chi connectivity index (χ2v) is 3.08. The van der Waals surface area contributed by atoms with E-state index in [-0.39, 0.29) is 6.29 Å². The average Bonchev–Trinajstić information content (AvgIpc) is 1.53. The fourth-order valence-corrected chi connectivity index (χ4v) is 0.650. The molecule has 1 fully saturated rings. The summed E-state index contributed by atoms with van der Waals surface area (Å²) in [4.78, 5) is 5.39. The SMILES string of the molecule is C[N+](C)(C)OC1CCO1. The highest BCUT2D eigenvalue weighted by atomic mass is 16.8. The zero-order valence-electron chi connectivity index (χ0n) is 6.26. The molecule has 0 spiro atoms. The number of hydrogen-bond donors (Lipinski definition) is 0. The molecule has 0 aromatic heterocycles. The van der Waals surface area contributed by atoms with Crippen molar-refractivity contribution in [3.63, 3.8) is 0 Å². The smallest absolute Gasteiger partial charge is 0.217 e. The maximum atomic E-state index is 5.39. The molecule has 1 aliphatic heterocycles. The van der Waals surface area contributed by atoms with E-state index >= 15 is 0 Å². The molecule has 0 amide bonds. The lowest BCUT2D eigenvalue weighted by Crippen LogP contribution is -2.44. The molecule has 1 unspecified atom stereocenters. The van der Waals surface area contributed by atoms with E-state index in [0.29, 0.717) is 4.65 Å². The molecule has 0 aromatic carbocycles. The fraction of sp³-hybridized carbons (Fsp3) is 1.00. The largest absolute Gasteiger partial charge is 0.347 e. The standard InChI is InChI=1S/C6H14NO2/c1-7(2,3)9-6-4-5-8-6/h6H,4-5H2,1-3H3/q+1. The Hall–Kier alpha value is -0.120. The third-order valence-electron chi connectivity index (χ3n) is 1.09. The van der Waals surface area contributed by atoms with Crippen LogP contribution in [0, 0.1) is 0 Å². The molecule has 3 heteroatoms. The number of quaternary nitrogens is 1. The maximum absolute atomic E-state index is 5.39. The van der Waals surface area contributed by atoms with Gasteiger partial charge in [0.25, 0.3) is 0 Å². The predicted octanol–water partition coefficient (Wildman–Crippen LogP) is 0.371. The highest BCUT2D eigenvalue weighted by Gasteiger charge is 2.25. The third kappa shape index (κ3) is 2.30. The van der Waals surface area contributed by atoms with Crippen molar-refractivity contribution in [1.29, 1.82) is 0 Å². The van der Waals surface area contributed by atoms with Gasteiger partial charge in [0.05, 0.1) is 27.7 Å². The Bertz CT molecular complexity index is 93.7. The van der Waals surface area contributed by atoms with Crippen molar-refractivity contribution in [1.82, 2.24) is 0 Å². The lowest BCUT2D eigenvalue weighted by Gasteiger charge is -2.31. The van der Waals surface area contributed by atoms with Gasteiger partial charge in [-0.3, -0.25) is 0 Å². The van der Waals surface area contributed by atoms with Crippen molar-refractivity contribution in [3.8, 4) is 0 Å². The molecule has 0 aliphatic carbocycles. The first-order valence-corrected chi connectivity index (χ1v) is 3.19. The van der Waals surface area contributed by atoms with Crippen LogP contribution in [0.3, 0.4) is 0 Å². The van der Waals surface area contributed by atoms with Crippen LogP contribution in [0.2, 0.25) is 0 Å². The number of rotatable bonds is 2. The second-order valence-electron chi connectivity index (χ2n) is 3.08. The van der Waals surface area contributed by atoms with Crippen molar-refractivity contribution in [3.05, 3.63) is 0 Å². The van der Waals surface area contributed by atoms with Gasteiger partial charge in [0.15, 0.2) is 0 Å². The molecular weight excluding hydrogens is 118 g/mol. The summed E-state index contributed by atoms with van der Waals surface area (Å²) >= 11 is 0. The molecule has 0 aromatic rings. The van der Waals surface area contributed by atoms with Crippen LogP contribution >= 0.6 is 0 Å². The molecule has 9 heavy (non-hydrogen) atoms. The summed E-state index contributed by atoms with van der Waals surface area (Å²) in [6.45, 7) is 0.852. The first-order valence-electron chi connectivity index (χ1n) is 3.19. The van der Waals surface area contributed by atoms with Crippen LogP contribution in [0.25, 0.3) is 0 Å². The Morgan fingerprint density at radius 3 is 2.11 bits per heavy atom. The van der Waals surface area contributed by atoms with Crippen LogP contribution in [0.15, 0.2) is 0 Å². The van der Waals surface area contributed by atoms with Gasteiger partial charge >= 0.3 is 0 Å². The Kier molecular flexibility index (Phi) is 1.75. The number of hydrogen-bond acceptors (Lipinski definition) is 2. The van der Waals surface area contributed by atoms with Gasteiger partial charge in [0.2, 0.25) is 6.29 Å². The van der Waals surface area contributed by atoms with Crippen LogP contribution < -0.4 is 0 Å². The molecular formula is C6H14NO2+. The highest BCUT2D eigenvalue weighted by Crippen LogP contribution is 2.14. The molecule has 1 aliphatic rings. The molecule has 0 radical (unpaired) electrons. The van der Waals surface area contributed by atoms with Gasteiger partial charge in [-0.1, -0.05) is 0 Å². The fourth-order valence-electron chi connectivity index (χ4n) is 0.650. The monoisotopic (exact) mass is 132 g/mol. The lowest BCUT2D eigenvalue weighted by molar-refractivity contribution is -1.07. The molecule has 1 rings (SSSR count). The minimum absolute atomic E-state index is 0.0463. The van der Waals surface area contributed by atoms with E-state index in [1.807, 2.05) is 21.1 Å². The second kappa shape index (κ2) is 2.25. The van der Waals surface area contributed by atoms with E-state index in [1.54, 1.807) is 0 Å². The summed E-state index contributed by atoms with van der Waals surface area (Å²) in [6.07, 6.45) is 1.08. The summed E-state index contributed by atoms with van der Waals surface area (Å²) in [5, 5.41) is 0. The lowest BCUT2D eigenvalue weighted by atomic mass is 10.4. The number of nitrogens with zero attached hydrogens (tertiary/aromatic N) is 1. The summed E-state index contributed by atoms with van der Waals surface area (Å²) in [6, 6.07) is 0. The minimum Gasteiger partial charge on any atom is -0.347 e. The maximum Gasteiger partial charge on any atom is 0.217 e. The summed E-state index contributed by atoms with van der Waals surface area (Å²) in [5.74, 6) is 0. The molecule has 0 bridgehead atoms. The highest BCUT2D eigenvalue weighted by molar-refractivity contribution is 4.51. The molecule has 0 saturated carbocycles. The number of ether oxygens (including phenoxy) is 1. The Labute approximate surface area is 55.7 Å². The molecule has 0 N–H and O–H groups in total. The van der Waals surface area contributed by atoms with E-state index < -0.39 is 0 Å². The van der Waals surface area contributed by atoms with E-state index in [2.05, 4.69) is 0 Å². The number of hydroxylamine groups is 3. The van der Waals surface area contributed by atoms with Crippen LogP contribution in [0.5, 0.6) is 0 Å². The first kappa shape index (κ1) is 6.99. The van der Waals surface area contributed by atoms with Gasteiger partial charge < -0.3 is 4.74 Å². The van der Waals surface area contributed by atoms with Gasteiger partial charge in [-0.25, -0.2) is 0 Å². The summed E-state index contributed by atoms with van der Waals surface area (Å²) < 4.78 is 5.59. The summed E-state index contributed by atoms with van der Waals surface area (Å²) in [5.41, 5.74) is 0. The molecule has 54 valence electrons. The molecule has 1 saturated heterocycles. The quantitative estimate of drug-likeness (QED) is 0.399. The molecule has 1 heterocycles. The Morgan fingerprint density at radius 1 is 1.44 bits per heavy atom. The third-order valence-corrected chi connectivity index (χ3v) is 1.09. The normalized spacial score (nSPS) is 27.7. The van der Waals surface area contributed by atoms with E-state index in [0.717, 1.165) is 13.0 Å². The Balaban J connectivity index is 2.16. The predicted molar refractivity (Wildman–Crippen MR) is 33.5 cm³/mol. The summed E-state index contributed by atoms with van der Waals surface area (Å²) in [7, 11) is 5.92. The van der Waals surface area contributed by atoms with Crippen molar-refractivity contribution in [2.45, 2.75) is 12.7 Å². The molecule has 3 nitrogen and oxygen atoms in total. The van der Waals surface area contributed by atoms with Crippen molar-refractivity contribution < 1.29 is 14.2 Å². The van der Waals surface area contributed by atoms with Gasteiger partial charge in [-0.05, 0) is 0 Å².